The number of alkyl halides is 4. The van der Waals surface area contributed by atoms with Crippen LogP contribution < -0.4 is 9.46 Å². The Morgan fingerprint density at radius 1 is 1.18 bits per heavy atom. The summed E-state index contributed by atoms with van der Waals surface area (Å²) in [6, 6.07) is 7.72. The molecule has 1 aromatic heterocycles. The van der Waals surface area contributed by atoms with Crippen LogP contribution in [0.4, 0.5) is 23.2 Å². The minimum atomic E-state index is -4.24. The van der Waals surface area contributed by atoms with Crippen LogP contribution in [0.25, 0.3) is 11.0 Å². The lowest BCUT2D eigenvalue weighted by Gasteiger charge is -2.38. The smallest absolute Gasteiger partial charge is 0.387 e. The lowest BCUT2D eigenvalue weighted by molar-refractivity contribution is -0.0577. The summed E-state index contributed by atoms with van der Waals surface area (Å²) in [7, 11) is -4.24. The standard InChI is InChI=1S/C25H26F4N4O5S/c1-24(28,29)7-8-25(35)9-13-33(14-10-25)22(34)17-6-5-16(15-19(17)38-23(26)27)32-39(36,37)20-4-2-3-18-21(20)31-12-11-30-18/h2-6,11-12,15,23,32,35H,7-10,13-14H2,1H3. The Bertz CT molecular complexity index is 1450. The highest BCUT2D eigenvalue weighted by atomic mass is 32.2. The molecule has 0 bridgehead atoms. The van der Waals surface area contributed by atoms with Crippen LogP contribution >= 0.6 is 0 Å². The summed E-state index contributed by atoms with van der Waals surface area (Å²) in [6.45, 7) is -2.52. The van der Waals surface area contributed by atoms with Crippen molar-refractivity contribution in [1.82, 2.24) is 14.9 Å². The van der Waals surface area contributed by atoms with Crippen LogP contribution in [0.2, 0.25) is 0 Å². The van der Waals surface area contributed by atoms with Crippen LogP contribution in [0.1, 0.15) is 43.0 Å². The Labute approximate surface area is 221 Å². The number of nitrogens with one attached hydrogen (secondary N) is 1. The number of rotatable bonds is 9. The molecule has 0 aliphatic carbocycles. The first-order chi connectivity index (χ1) is 18.3. The highest BCUT2D eigenvalue weighted by Gasteiger charge is 2.37. The molecule has 1 amide bonds. The van der Waals surface area contributed by atoms with Crippen molar-refractivity contribution in [3.8, 4) is 5.75 Å². The summed E-state index contributed by atoms with van der Waals surface area (Å²) in [5.41, 5.74) is -1.32. The van der Waals surface area contributed by atoms with Gasteiger partial charge in [-0.15, -0.1) is 0 Å². The quantitative estimate of drug-likeness (QED) is 0.365. The molecule has 2 aromatic carbocycles. The summed E-state index contributed by atoms with van der Waals surface area (Å²) in [6.07, 6.45) is 2.15. The lowest BCUT2D eigenvalue weighted by atomic mass is 9.86. The molecule has 9 nitrogen and oxygen atoms in total. The fourth-order valence-corrected chi connectivity index (χ4v) is 5.56. The van der Waals surface area contributed by atoms with E-state index in [4.69, 9.17) is 0 Å². The molecule has 0 unspecified atom stereocenters. The van der Waals surface area contributed by atoms with Gasteiger partial charge in [0.1, 0.15) is 16.2 Å². The second-order valence-electron chi connectivity index (χ2n) is 9.46. The first kappa shape index (κ1) is 28.5. The predicted molar refractivity (Wildman–Crippen MR) is 133 cm³/mol. The Morgan fingerprint density at radius 2 is 1.87 bits per heavy atom. The van der Waals surface area contributed by atoms with Gasteiger partial charge in [-0.25, -0.2) is 17.2 Å². The highest BCUT2D eigenvalue weighted by Crippen LogP contribution is 2.34. The molecule has 1 saturated heterocycles. The number of fused-ring (bicyclic) bond motifs is 1. The van der Waals surface area contributed by atoms with E-state index in [0.29, 0.717) is 5.52 Å². The topological polar surface area (TPSA) is 122 Å². The fraction of sp³-hybridized carbons (Fsp3) is 0.400. The van der Waals surface area contributed by atoms with Crippen molar-refractivity contribution in [3.63, 3.8) is 0 Å². The van der Waals surface area contributed by atoms with Gasteiger partial charge >= 0.3 is 6.61 Å². The van der Waals surface area contributed by atoms with Gasteiger partial charge in [0.2, 0.25) is 5.92 Å². The Hall–Kier alpha value is -3.52. The first-order valence-corrected chi connectivity index (χ1v) is 13.5. The van der Waals surface area contributed by atoms with Crippen molar-refractivity contribution < 1.29 is 40.6 Å². The van der Waals surface area contributed by atoms with Gasteiger partial charge in [0, 0.05) is 38.0 Å². The number of hydrogen-bond donors (Lipinski definition) is 2. The lowest BCUT2D eigenvalue weighted by Crippen LogP contribution is -2.47. The van der Waals surface area contributed by atoms with Crippen molar-refractivity contribution in [3.05, 3.63) is 54.4 Å². The number of carbonyl (C=O) groups excluding carboxylic acids is 1. The van der Waals surface area contributed by atoms with Gasteiger partial charge in [-0.05, 0) is 50.5 Å². The molecule has 2 N–H and O–H groups in total. The van der Waals surface area contributed by atoms with Crippen molar-refractivity contribution in [2.24, 2.45) is 0 Å². The van der Waals surface area contributed by atoms with Gasteiger partial charge in [-0.1, -0.05) is 6.07 Å². The van der Waals surface area contributed by atoms with Gasteiger partial charge in [0.05, 0.1) is 22.4 Å². The number of ether oxygens (including phenoxy) is 1. The van der Waals surface area contributed by atoms with E-state index in [1.807, 2.05) is 0 Å². The van der Waals surface area contributed by atoms with Crippen molar-refractivity contribution in [1.29, 1.82) is 0 Å². The monoisotopic (exact) mass is 570 g/mol. The summed E-state index contributed by atoms with van der Waals surface area (Å²) in [5.74, 6) is -4.18. The van der Waals surface area contributed by atoms with E-state index in [2.05, 4.69) is 19.4 Å². The number of hydrogen-bond acceptors (Lipinski definition) is 7. The second kappa shape index (κ2) is 10.9. The summed E-state index contributed by atoms with van der Waals surface area (Å²) >= 11 is 0. The predicted octanol–water partition coefficient (Wildman–Crippen LogP) is 4.43. The van der Waals surface area contributed by atoms with E-state index in [1.54, 1.807) is 6.07 Å². The maximum absolute atomic E-state index is 13.2. The number of piperidine rings is 1. The molecule has 2 heterocycles. The molecular weight excluding hydrogens is 544 g/mol. The number of sulfonamides is 1. The van der Waals surface area contributed by atoms with Gasteiger partial charge < -0.3 is 14.7 Å². The summed E-state index contributed by atoms with van der Waals surface area (Å²) in [5, 5.41) is 10.6. The van der Waals surface area contributed by atoms with Crippen LogP contribution in [-0.4, -0.2) is 65.5 Å². The zero-order chi connectivity index (χ0) is 28.4. The zero-order valence-corrected chi connectivity index (χ0v) is 21.6. The SMILES string of the molecule is CC(F)(F)CCC1(O)CCN(C(=O)c2ccc(NS(=O)(=O)c3cccc4nccnc34)cc2OC(F)F)CC1. The van der Waals surface area contributed by atoms with Crippen LogP contribution in [0.3, 0.4) is 0 Å². The molecule has 0 spiro atoms. The van der Waals surface area contributed by atoms with Gasteiger partial charge in [-0.2, -0.15) is 8.78 Å². The van der Waals surface area contributed by atoms with Gasteiger partial charge in [0.15, 0.2) is 0 Å². The van der Waals surface area contributed by atoms with E-state index >= 15 is 0 Å². The minimum absolute atomic E-state index is 0.00916. The normalized spacial score (nSPS) is 15.9. The third-order valence-electron chi connectivity index (χ3n) is 6.44. The van der Waals surface area contributed by atoms with Crippen LogP contribution in [-0.2, 0) is 10.0 Å². The van der Waals surface area contributed by atoms with E-state index in [0.717, 1.165) is 19.1 Å². The number of benzene rings is 2. The van der Waals surface area contributed by atoms with Crippen LogP contribution in [0.15, 0.2) is 53.7 Å². The Morgan fingerprint density at radius 3 is 2.54 bits per heavy atom. The molecule has 0 atom stereocenters. The molecule has 1 aliphatic rings. The molecule has 0 radical (unpaired) electrons. The molecule has 210 valence electrons. The number of likely N-dealkylation sites (tertiary alicyclic amines) is 1. The molecule has 39 heavy (non-hydrogen) atoms. The number of amides is 1. The zero-order valence-electron chi connectivity index (χ0n) is 20.8. The summed E-state index contributed by atoms with van der Waals surface area (Å²) in [4.78, 5) is 22.4. The van der Waals surface area contributed by atoms with Gasteiger partial charge in [0.25, 0.3) is 15.9 Å². The fourth-order valence-electron chi connectivity index (χ4n) is 4.35. The third kappa shape index (κ3) is 6.92. The average Bonchev–Trinajstić information content (AvgIpc) is 2.86. The second-order valence-corrected chi connectivity index (χ2v) is 11.1. The average molecular weight is 571 g/mol. The molecule has 0 saturated carbocycles. The van der Waals surface area contributed by atoms with E-state index in [9.17, 15) is 35.9 Å². The maximum Gasteiger partial charge on any atom is 0.387 e. The number of halogens is 4. The first-order valence-electron chi connectivity index (χ1n) is 12.0. The van der Waals surface area contributed by atoms with Crippen molar-refractivity contribution in [2.75, 3.05) is 17.8 Å². The van der Waals surface area contributed by atoms with Crippen molar-refractivity contribution >= 4 is 32.7 Å². The number of carbonyl (C=O) groups is 1. The molecular formula is C25H26F4N4O5S. The van der Waals surface area contributed by atoms with E-state index in [-0.39, 0.29) is 54.0 Å². The summed E-state index contributed by atoms with van der Waals surface area (Å²) < 4.78 is 85.8. The number of aromatic nitrogens is 2. The maximum atomic E-state index is 13.2. The molecule has 3 aromatic rings. The van der Waals surface area contributed by atoms with Crippen molar-refractivity contribution in [2.45, 2.75) is 55.6 Å². The Kier molecular flexibility index (Phi) is 7.98. The molecule has 1 aliphatic heterocycles. The molecule has 4 rings (SSSR count). The molecule has 1 fully saturated rings. The number of anilines is 1. The van der Waals surface area contributed by atoms with Gasteiger partial charge in [-0.3, -0.25) is 19.5 Å². The molecule has 14 heteroatoms. The Balaban J connectivity index is 1.54. The largest absolute Gasteiger partial charge is 0.434 e. The third-order valence-corrected chi connectivity index (χ3v) is 7.86. The van der Waals surface area contributed by atoms with Crippen LogP contribution in [0, 0.1) is 0 Å². The number of para-hydroxylation sites is 1. The number of aliphatic hydroxyl groups is 1. The van der Waals surface area contributed by atoms with E-state index in [1.165, 1.54) is 35.5 Å². The minimum Gasteiger partial charge on any atom is -0.434 e. The van der Waals surface area contributed by atoms with E-state index < -0.39 is 46.2 Å². The number of nitrogens with zero attached hydrogens (tertiary/aromatic N) is 3. The highest BCUT2D eigenvalue weighted by molar-refractivity contribution is 7.93. The van der Waals surface area contributed by atoms with Crippen LogP contribution in [0.5, 0.6) is 5.75 Å².